The number of anilines is 3. The molecular formula is C33H28ClFN4O4S. The van der Waals surface area contributed by atoms with E-state index in [1.54, 1.807) is 85.8 Å². The monoisotopic (exact) mass is 630 g/mol. The molecule has 0 radical (unpaired) electrons. The van der Waals surface area contributed by atoms with Gasteiger partial charge in [0.25, 0.3) is 11.8 Å². The second-order valence-electron chi connectivity index (χ2n) is 9.50. The summed E-state index contributed by atoms with van der Waals surface area (Å²) in [5, 5.41) is 10.4. The highest BCUT2D eigenvalue weighted by molar-refractivity contribution is 8.00. The Hall–Kier alpha value is -4.93. The molecule has 11 heteroatoms. The molecule has 1 atom stereocenters. The van der Waals surface area contributed by atoms with E-state index in [4.69, 9.17) is 11.6 Å². The van der Waals surface area contributed by atoms with Gasteiger partial charge in [-0.05, 0) is 85.8 Å². The van der Waals surface area contributed by atoms with Crippen molar-refractivity contribution in [1.82, 2.24) is 5.32 Å². The first kappa shape index (κ1) is 32.0. The number of nitrogens with one attached hydrogen (secondary N) is 4. The number of carbonyl (C=O) groups is 4. The molecule has 4 amide bonds. The third-order valence-corrected chi connectivity index (χ3v) is 7.53. The lowest BCUT2D eigenvalue weighted by Gasteiger charge is -2.14. The summed E-state index contributed by atoms with van der Waals surface area (Å²) in [6.45, 7) is 3.18. The van der Waals surface area contributed by atoms with Gasteiger partial charge in [-0.15, -0.1) is 11.8 Å². The molecule has 0 saturated carbocycles. The lowest BCUT2D eigenvalue weighted by Crippen LogP contribution is -2.30. The van der Waals surface area contributed by atoms with Gasteiger partial charge in [0.2, 0.25) is 11.8 Å². The lowest BCUT2D eigenvalue weighted by molar-refractivity contribution is -0.115. The molecule has 4 aromatic rings. The zero-order valence-electron chi connectivity index (χ0n) is 23.7. The van der Waals surface area contributed by atoms with Gasteiger partial charge in [-0.2, -0.15) is 0 Å². The molecule has 0 spiro atoms. The average molecular weight is 631 g/mol. The molecule has 0 aliphatic heterocycles. The van der Waals surface area contributed by atoms with Crippen molar-refractivity contribution in [3.05, 3.63) is 125 Å². The van der Waals surface area contributed by atoms with E-state index in [1.165, 1.54) is 43.0 Å². The quantitative estimate of drug-likeness (QED) is 0.112. The summed E-state index contributed by atoms with van der Waals surface area (Å²) in [7, 11) is 0. The number of hydrogen-bond acceptors (Lipinski definition) is 5. The first-order valence-electron chi connectivity index (χ1n) is 13.4. The fourth-order valence-electron chi connectivity index (χ4n) is 3.89. The summed E-state index contributed by atoms with van der Waals surface area (Å²) in [6, 6.07) is 26.0. The Kier molecular flexibility index (Phi) is 10.9. The first-order chi connectivity index (χ1) is 21.1. The first-order valence-corrected chi connectivity index (χ1v) is 14.6. The Bertz CT molecular complexity index is 1680. The maximum Gasteiger partial charge on any atom is 0.272 e. The van der Waals surface area contributed by atoms with Crippen LogP contribution in [0.3, 0.4) is 0 Å². The van der Waals surface area contributed by atoms with Gasteiger partial charge >= 0.3 is 0 Å². The fraction of sp³-hybridized carbons (Fsp3) is 0.0909. The fourth-order valence-corrected chi connectivity index (χ4v) is 4.98. The van der Waals surface area contributed by atoms with Crippen LogP contribution in [0.1, 0.15) is 29.8 Å². The highest BCUT2D eigenvalue weighted by atomic mass is 35.5. The number of rotatable bonds is 10. The summed E-state index contributed by atoms with van der Waals surface area (Å²) in [5.41, 5.74) is 1.69. The molecule has 0 aromatic heterocycles. The van der Waals surface area contributed by atoms with Gasteiger partial charge in [-0.25, -0.2) is 4.39 Å². The lowest BCUT2D eigenvalue weighted by atomic mass is 10.1. The molecule has 0 heterocycles. The number of carbonyl (C=O) groups excluding carboxylic acids is 4. The number of thioether (sulfide) groups is 1. The van der Waals surface area contributed by atoms with E-state index in [1.807, 2.05) is 0 Å². The molecule has 44 heavy (non-hydrogen) atoms. The molecular weight excluding hydrogens is 603 g/mol. The second kappa shape index (κ2) is 15.0. The maximum absolute atomic E-state index is 14.5. The molecule has 0 fully saturated rings. The minimum Gasteiger partial charge on any atom is -0.326 e. The van der Waals surface area contributed by atoms with Crippen molar-refractivity contribution < 1.29 is 23.6 Å². The minimum absolute atomic E-state index is 0.0460. The molecule has 224 valence electrons. The second-order valence-corrected chi connectivity index (χ2v) is 11.3. The topological polar surface area (TPSA) is 116 Å². The molecule has 1 unspecified atom stereocenters. The van der Waals surface area contributed by atoms with E-state index < -0.39 is 22.9 Å². The van der Waals surface area contributed by atoms with Gasteiger partial charge in [0, 0.05) is 40.0 Å². The smallest absolute Gasteiger partial charge is 0.272 e. The van der Waals surface area contributed by atoms with Crippen molar-refractivity contribution in [3.8, 4) is 0 Å². The Labute approximate surface area is 263 Å². The Morgan fingerprint density at radius 2 is 1.36 bits per heavy atom. The van der Waals surface area contributed by atoms with Crippen molar-refractivity contribution >= 4 is 70.1 Å². The minimum atomic E-state index is -0.689. The van der Waals surface area contributed by atoms with Gasteiger partial charge in [0.15, 0.2) is 0 Å². The summed E-state index contributed by atoms with van der Waals surface area (Å²) < 4.78 is 14.5. The molecule has 4 N–H and O–H groups in total. The van der Waals surface area contributed by atoms with Crippen molar-refractivity contribution in [2.45, 2.75) is 24.0 Å². The molecule has 8 nitrogen and oxygen atoms in total. The van der Waals surface area contributed by atoms with E-state index in [-0.39, 0.29) is 28.1 Å². The summed E-state index contributed by atoms with van der Waals surface area (Å²) in [5.74, 6) is -2.29. The summed E-state index contributed by atoms with van der Waals surface area (Å²) in [6.07, 6.45) is 1.19. The zero-order valence-corrected chi connectivity index (χ0v) is 25.3. The normalized spacial score (nSPS) is 11.7. The van der Waals surface area contributed by atoms with E-state index >= 15 is 0 Å². The molecule has 0 saturated heterocycles. The van der Waals surface area contributed by atoms with Crippen LogP contribution in [0.25, 0.3) is 6.08 Å². The number of hydrogen-bond donors (Lipinski definition) is 4. The highest BCUT2D eigenvalue weighted by Crippen LogP contribution is 2.27. The third-order valence-electron chi connectivity index (χ3n) is 6.08. The van der Waals surface area contributed by atoms with E-state index in [2.05, 4.69) is 21.3 Å². The van der Waals surface area contributed by atoms with Crippen molar-refractivity contribution in [1.29, 1.82) is 0 Å². The van der Waals surface area contributed by atoms with E-state index in [0.717, 1.165) is 4.90 Å². The Morgan fingerprint density at radius 1 is 0.773 bits per heavy atom. The summed E-state index contributed by atoms with van der Waals surface area (Å²) in [4.78, 5) is 50.8. The third kappa shape index (κ3) is 9.03. The molecule has 0 aliphatic rings. The van der Waals surface area contributed by atoms with Crippen LogP contribution in [-0.4, -0.2) is 28.9 Å². The van der Waals surface area contributed by atoms with Crippen LogP contribution in [0.4, 0.5) is 21.5 Å². The standard InChI is InChI=1S/C33H28ClFN4O4S/c1-20(31(41)37-24-13-11-23(12-14-24)36-21(2)40)44-26-17-15-25(16-18-26)38-33(43)30(19-27-28(34)9-6-10-29(27)35)39-32(42)22-7-4-3-5-8-22/h3-20H,1-2H3,(H,36,40)(H,37,41)(H,38,43)(H,39,42)/b30-19-. The van der Waals surface area contributed by atoms with Crippen molar-refractivity contribution in [2.24, 2.45) is 0 Å². The largest absolute Gasteiger partial charge is 0.326 e. The molecule has 0 bridgehead atoms. The Balaban J connectivity index is 1.42. The van der Waals surface area contributed by atoms with Crippen LogP contribution in [-0.2, 0) is 14.4 Å². The molecule has 4 aromatic carbocycles. The van der Waals surface area contributed by atoms with Gasteiger partial charge < -0.3 is 21.3 Å². The average Bonchev–Trinajstić information content (AvgIpc) is 3.00. The number of benzene rings is 4. The van der Waals surface area contributed by atoms with E-state index in [0.29, 0.717) is 22.6 Å². The van der Waals surface area contributed by atoms with E-state index in [9.17, 15) is 23.6 Å². The van der Waals surface area contributed by atoms with Crippen LogP contribution in [0.5, 0.6) is 0 Å². The number of amides is 4. The Morgan fingerprint density at radius 3 is 1.98 bits per heavy atom. The highest BCUT2D eigenvalue weighted by Gasteiger charge is 2.18. The van der Waals surface area contributed by atoms with Crippen LogP contribution >= 0.6 is 23.4 Å². The van der Waals surface area contributed by atoms with Crippen molar-refractivity contribution in [2.75, 3.05) is 16.0 Å². The molecule has 0 aliphatic carbocycles. The predicted molar refractivity (Wildman–Crippen MR) is 173 cm³/mol. The number of halogens is 2. The van der Waals surface area contributed by atoms with Crippen LogP contribution in [0.15, 0.2) is 108 Å². The zero-order chi connectivity index (χ0) is 31.6. The van der Waals surface area contributed by atoms with Gasteiger partial charge in [-0.1, -0.05) is 35.9 Å². The van der Waals surface area contributed by atoms with Gasteiger partial charge in [-0.3, -0.25) is 19.2 Å². The van der Waals surface area contributed by atoms with Crippen LogP contribution < -0.4 is 21.3 Å². The van der Waals surface area contributed by atoms with Crippen LogP contribution in [0, 0.1) is 5.82 Å². The maximum atomic E-state index is 14.5. The van der Waals surface area contributed by atoms with Gasteiger partial charge in [0.05, 0.1) is 10.3 Å². The van der Waals surface area contributed by atoms with Crippen molar-refractivity contribution in [3.63, 3.8) is 0 Å². The van der Waals surface area contributed by atoms with Gasteiger partial charge in [0.1, 0.15) is 11.5 Å². The SMILES string of the molecule is CC(=O)Nc1ccc(NC(=O)C(C)Sc2ccc(NC(=O)/C(=C/c3c(F)cccc3Cl)NC(=O)c3ccccc3)cc2)cc1. The predicted octanol–water partition coefficient (Wildman–Crippen LogP) is 6.97. The molecule has 4 rings (SSSR count). The summed E-state index contributed by atoms with van der Waals surface area (Å²) >= 11 is 7.49. The van der Waals surface area contributed by atoms with Crippen LogP contribution in [0.2, 0.25) is 5.02 Å².